The molecule has 1 aliphatic heterocycles. The van der Waals surface area contributed by atoms with Crippen molar-refractivity contribution in [2.75, 3.05) is 38.3 Å². The van der Waals surface area contributed by atoms with Gasteiger partial charge in [0, 0.05) is 39.7 Å². The molecule has 190 valence electrons. The van der Waals surface area contributed by atoms with Crippen LogP contribution in [0.25, 0.3) is 15.9 Å². The fraction of sp³-hybridized carbons (Fsp3) is 0.400. The minimum absolute atomic E-state index is 0.103. The molecule has 0 N–H and O–H groups in total. The summed E-state index contributed by atoms with van der Waals surface area (Å²) in [7, 11) is 3.18. The Bertz CT molecular complexity index is 1340. The summed E-state index contributed by atoms with van der Waals surface area (Å²) in [4.78, 5) is 22.4. The van der Waals surface area contributed by atoms with Crippen LogP contribution in [0.5, 0.6) is 5.75 Å². The number of alkyl halides is 3. The topological polar surface area (TPSA) is 70.2 Å². The molecule has 4 rings (SSSR count). The highest BCUT2D eigenvalue weighted by Gasteiger charge is 2.35. The Kier molecular flexibility index (Phi) is 7.47. The SMILES string of the molecule is [C-]#[N+]c1ccc2c(n1)c(N1CC[C@@H](Oc3cccc(C(F)(F)F)c3)[C@H](OCCOC)C1)cc(=O)n2C. The van der Waals surface area contributed by atoms with E-state index in [1.807, 2.05) is 4.90 Å². The first kappa shape index (κ1) is 25.5. The first-order valence-electron chi connectivity index (χ1n) is 11.3. The summed E-state index contributed by atoms with van der Waals surface area (Å²) in [6.45, 7) is 8.64. The van der Waals surface area contributed by atoms with Gasteiger partial charge in [-0.2, -0.15) is 13.2 Å². The number of fused-ring (bicyclic) bond motifs is 1. The number of hydrogen-bond donors (Lipinski definition) is 0. The van der Waals surface area contributed by atoms with Gasteiger partial charge in [-0.3, -0.25) is 4.79 Å². The summed E-state index contributed by atoms with van der Waals surface area (Å²) in [6.07, 6.45) is -5.10. The van der Waals surface area contributed by atoms with Crippen LogP contribution in [-0.4, -0.2) is 55.2 Å². The van der Waals surface area contributed by atoms with Crippen molar-refractivity contribution >= 4 is 22.5 Å². The Hall–Kier alpha value is -3.62. The van der Waals surface area contributed by atoms with Crippen LogP contribution in [0.15, 0.2) is 47.3 Å². The normalized spacial score (nSPS) is 18.3. The Morgan fingerprint density at radius 2 is 1.97 bits per heavy atom. The van der Waals surface area contributed by atoms with Crippen molar-refractivity contribution in [3.8, 4) is 5.75 Å². The standard InChI is InChI=1S/C25H25F3N4O4/c1-29-22-8-7-18-24(30-22)19(14-23(33)31(18)2)32-10-9-20(21(15-32)35-12-11-34-3)36-17-6-4-5-16(13-17)25(26,27)28/h4-8,13-14,20-21H,9-12,15H2,2-3H3/t20-,21-/m1/s1. The molecule has 2 aromatic heterocycles. The number of rotatable bonds is 7. The molecule has 1 saturated heterocycles. The number of benzene rings is 1. The van der Waals surface area contributed by atoms with Gasteiger partial charge in [-0.05, 0) is 30.3 Å². The quantitative estimate of drug-likeness (QED) is 0.357. The molecule has 0 unspecified atom stereocenters. The molecule has 3 aromatic rings. The highest BCUT2D eigenvalue weighted by molar-refractivity contribution is 5.89. The third-order valence-corrected chi connectivity index (χ3v) is 6.08. The molecule has 1 fully saturated rings. The second-order valence-electron chi connectivity index (χ2n) is 8.39. The van der Waals surface area contributed by atoms with Gasteiger partial charge in [0.05, 0.1) is 30.0 Å². The number of hydrogen-bond acceptors (Lipinski definition) is 6. The van der Waals surface area contributed by atoms with Crippen molar-refractivity contribution in [1.82, 2.24) is 9.55 Å². The number of nitrogens with zero attached hydrogens (tertiary/aromatic N) is 4. The van der Waals surface area contributed by atoms with Crippen molar-refractivity contribution in [3.05, 3.63) is 69.8 Å². The van der Waals surface area contributed by atoms with E-state index in [1.54, 1.807) is 26.3 Å². The monoisotopic (exact) mass is 502 g/mol. The molecule has 1 aromatic carbocycles. The summed E-state index contributed by atoms with van der Waals surface area (Å²) >= 11 is 0. The number of anilines is 1. The maximum absolute atomic E-state index is 13.2. The Morgan fingerprint density at radius 3 is 2.69 bits per heavy atom. The van der Waals surface area contributed by atoms with E-state index in [2.05, 4.69) is 9.83 Å². The zero-order valence-corrected chi connectivity index (χ0v) is 19.8. The molecule has 2 atom stereocenters. The maximum Gasteiger partial charge on any atom is 0.416 e. The van der Waals surface area contributed by atoms with Crippen LogP contribution >= 0.6 is 0 Å². The molecule has 3 heterocycles. The summed E-state index contributed by atoms with van der Waals surface area (Å²) in [5.41, 5.74) is 0.649. The maximum atomic E-state index is 13.2. The molecule has 0 amide bonds. The van der Waals surface area contributed by atoms with Gasteiger partial charge in [0.2, 0.25) is 5.52 Å². The van der Waals surface area contributed by atoms with Crippen LogP contribution < -0.4 is 15.2 Å². The van der Waals surface area contributed by atoms with E-state index in [0.717, 1.165) is 12.1 Å². The Labute approximate surface area is 205 Å². The average molecular weight is 502 g/mol. The third kappa shape index (κ3) is 5.45. The molecule has 11 heteroatoms. The number of halogens is 3. The van der Waals surface area contributed by atoms with E-state index < -0.39 is 23.9 Å². The summed E-state index contributed by atoms with van der Waals surface area (Å²) in [6, 6.07) is 9.49. The lowest BCUT2D eigenvalue weighted by molar-refractivity contribution is -0.137. The van der Waals surface area contributed by atoms with E-state index in [1.165, 1.54) is 22.8 Å². The molecule has 8 nitrogen and oxygen atoms in total. The number of methoxy groups -OCH3 is 1. The van der Waals surface area contributed by atoms with Gasteiger partial charge in [0.25, 0.3) is 11.4 Å². The fourth-order valence-electron chi connectivity index (χ4n) is 4.22. The molecule has 36 heavy (non-hydrogen) atoms. The number of aromatic nitrogens is 2. The predicted molar refractivity (Wildman–Crippen MR) is 128 cm³/mol. The molecule has 0 spiro atoms. The van der Waals surface area contributed by atoms with Crippen LogP contribution in [0, 0.1) is 6.57 Å². The van der Waals surface area contributed by atoms with E-state index >= 15 is 0 Å². The van der Waals surface area contributed by atoms with E-state index in [-0.39, 0.29) is 23.7 Å². The highest BCUT2D eigenvalue weighted by Crippen LogP contribution is 2.33. The zero-order chi connectivity index (χ0) is 25.9. The largest absolute Gasteiger partial charge is 0.488 e. The molecule has 0 bridgehead atoms. The van der Waals surface area contributed by atoms with E-state index in [4.69, 9.17) is 20.8 Å². The average Bonchev–Trinajstić information content (AvgIpc) is 2.86. The van der Waals surface area contributed by atoms with Gasteiger partial charge in [-0.1, -0.05) is 12.6 Å². The summed E-state index contributed by atoms with van der Waals surface area (Å²) in [5.74, 6) is 0.309. The van der Waals surface area contributed by atoms with Crippen LogP contribution in [0.2, 0.25) is 0 Å². The van der Waals surface area contributed by atoms with Crippen LogP contribution in [-0.2, 0) is 22.7 Å². The molecular weight excluding hydrogens is 477 g/mol. The number of aryl methyl sites for hydroxylation is 1. The second kappa shape index (κ2) is 10.6. The first-order chi connectivity index (χ1) is 17.2. The molecule has 0 aliphatic carbocycles. The van der Waals surface area contributed by atoms with Gasteiger partial charge < -0.3 is 28.5 Å². The van der Waals surface area contributed by atoms with Crippen molar-refractivity contribution in [2.24, 2.45) is 7.05 Å². The minimum atomic E-state index is -4.48. The zero-order valence-electron chi connectivity index (χ0n) is 19.8. The van der Waals surface area contributed by atoms with Crippen LogP contribution in [0.4, 0.5) is 24.7 Å². The second-order valence-corrected chi connectivity index (χ2v) is 8.39. The first-order valence-corrected chi connectivity index (χ1v) is 11.3. The predicted octanol–water partition coefficient (Wildman–Crippen LogP) is 4.19. The summed E-state index contributed by atoms with van der Waals surface area (Å²) in [5, 5.41) is 0. The van der Waals surface area contributed by atoms with Gasteiger partial charge in [-0.25, -0.2) is 0 Å². The van der Waals surface area contributed by atoms with Crippen LogP contribution in [0.3, 0.4) is 0 Å². The molecule has 1 aliphatic rings. The molecular formula is C25H25F3N4O4. The van der Waals surface area contributed by atoms with E-state index in [9.17, 15) is 18.0 Å². The van der Waals surface area contributed by atoms with Crippen molar-refractivity contribution in [3.63, 3.8) is 0 Å². The lowest BCUT2D eigenvalue weighted by atomic mass is 10.0. The smallest absolute Gasteiger partial charge is 0.416 e. The Morgan fingerprint density at radius 1 is 1.17 bits per heavy atom. The van der Waals surface area contributed by atoms with Gasteiger partial charge in [0.15, 0.2) is 0 Å². The van der Waals surface area contributed by atoms with Crippen LogP contribution in [0.1, 0.15) is 12.0 Å². The van der Waals surface area contributed by atoms with E-state index in [0.29, 0.717) is 42.8 Å². The van der Waals surface area contributed by atoms with Gasteiger partial charge in [0.1, 0.15) is 18.0 Å². The number of ether oxygens (including phenoxy) is 3. The van der Waals surface area contributed by atoms with Gasteiger partial charge in [-0.15, -0.1) is 4.98 Å². The van der Waals surface area contributed by atoms with Crippen molar-refractivity contribution in [1.29, 1.82) is 0 Å². The fourth-order valence-corrected chi connectivity index (χ4v) is 4.22. The summed E-state index contributed by atoms with van der Waals surface area (Å²) < 4.78 is 58.0. The van der Waals surface area contributed by atoms with Gasteiger partial charge >= 0.3 is 6.18 Å². The molecule has 0 saturated carbocycles. The number of pyridine rings is 2. The highest BCUT2D eigenvalue weighted by atomic mass is 19.4. The minimum Gasteiger partial charge on any atom is -0.488 e. The number of piperidine rings is 1. The van der Waals surface area contributed by atoms with Crippen molar-refractivity contribution < 1.29 is 27.4 Å². The Balaban J connectivity index is 1.63. The third-order valence-electron chi connectivity index (χ3n) is 6.08. The lowest BCUT2D eigenvalue weighted by Crippen LogP contribution is -2.51. The van der Waals surface area contributed by atoms with Crippen molar-refractivity contribution in [2.45, 2.75) is 24.8 Å². The lowest BCUT2D eigenvalue weighted by Gasteiger charge is -2.39. The molecule has 0 radical (unpaired) electrons.